The molecule has 0 aliphatic heterocycles. The molecule has 1 saturated carbocycles. The molecule has 2 heterocycles. The number of aromatic nitrogens is 2. The van der Waals surface area contributed by atoms with Gasteiger partial charge in [0, 0.05) is 50.0 Å². The molecule has 8 nitrogen and oxygen atoms in total. The van der Waals surface area contributed by atoms with Gasteiger partial charge in [0.05, 0.1) is 33.8 Å². The maximum absolute atomic E-state index is 13.3. The molecule has 0 atom stereocenters. The topological polar surface area (TPSA) is 86.9 Å². The molecule has 2 aromatic heterocycles. The lowest BCUT2D eigenvalue weighted by Gasteiger charge is -2.23. The number of aryl methyl sites for hydroxylation is 1. The molecular weight excluding hydrogens is 446 g/mol. The molecule has 1 fully saturated rings. The normalized spacial score (nSPS) is 13.8. The summed E-state index contributed by atoms with van der Waals surface area (Å²) in [6, 6.07) is 6.08. The minimum atomic E-state index is -0.185. The molecule has 178 valence electrons. The molecule has 34 heavy (non-hydrogen) atoms. The summed E-state index contributed by atoms with van der Waals surface area (Å²) in [5.74, 6) is 1.11. The molecule has 0 bridgehead atoms. The lowest BCUT2D eigenvalue weighted by molar-refractivity contribution is 0.102. The second-order valence-corrected chi connectivity index (χ2v) is 9.75. The van der Waals surface area contributed by atoms with E-state index in [9.17, 15) is 4.79 Å². The van der Waals surface area contributed by atoms with Crippen LogP contribution in [0.3, 0.4) is 0 Å². The van der Waals surface area contributed by atoms with E-state index in [-0.39, 0.29) is 11.9 Å². The number of anilines is 2. The molecular formula is C25H31N7OS. The highest BCUT2D eigenvalue weighted by Gasteiger charge is 2.26. The van der Waals surface area contributed by atoms with Crippen LogP contribution in [0.1, 0.15) is 59.1 Å². The minimum Gasteiger partial charge on any atom is -0.387 e. The largest absolute Gasteiger partial charge is 0.387 e. The fraction of sp³-hybridized carbons (Fsp3) is 0.360. The van der Waals surface area contributed by atoms with Crippen LogP contribution < -0.4 is 10.6 Å². The van der Waals surface area contributed by atoms with Gasteiger partial charge in [0.25, 0.3) is 5.91 Å². The van der Waals surface area contributed by atoms with E-state index in [0.717, 1.165) is 33.3 Å². The number of nitrogens with one attached hydrogen (secondary N) is 2. The van der Waals surface area contributed by atoms with E-state index >= 15 is 0 Å². The molecule has 2 N–H and O–H groups in total. The van der Waals surface area contributed by atoms with Gasteiger partial charge in [-0.3, -0.25) is 4.79 Å². The van der Waals surface area contributed by atoms with Crippen LogP contribution in [0, 0.1) is 6.92 Å². The molecule has 0 saturated heterocycles. The van der Waals surface area contributed by atoms with Crippen molar-refractivity contribution in [3.05, 3.63) is 57.8 Å². The number of rotatable bonds is 8. The summed E-state index contributed by atoms with van der Waals surface area (Å²) in [5, 5.41) is 16.0. The summed E-state index contributed by atoms with van der Waals surface area (Å²) in [5.41, 5.74) is 5.17. The summed E-state index contributed by atoms with van der Waals surface area (Å²) in [6.07, 6.45) is 6.31. The molecule has 1 amide bonds. The first-order valence-corrected chi connectivity index (χ1v) is 12.2. The molecule has 1 aliphatic carbocycles. The number of carbonyl (C=O) groups is 1. The lowest BCUT2D eigenvalue weighted by atomic mass is 10.1. The predicted molar refractivity (Wildman–Crippen MR) is 141 cm³/mol. The van der Waals surface area contributed by atoms with Crippen LogP contribution in [0.5, 0.6) is 0 Å². The summed E-state index contributed by atoms with van der Waals surface area (Å²) in [4.78, 5) is 20.8. The Morgan fingerprint density at radius 2 is 2.09 bits per heavy atom. The van der Waals surface area contributed by atoms with Gasteiger partial charge < -0.3 is 20.1 Å². The highest BCUT2D eigenvalue weighted by Crippen LogP contribution is 2.39. The van der Waals surface area contributed by atoms with E-state index in [0.29, 0.717) is 17.2 Å². The van der Waals surface area contributed by atoms with Gasteiger partial charge in [-0.05, 0) is 57.4 Å². The van der Waals surface area contributed by atoms with Crippen LogP contribution in [0.4, 0.5) is 11.4 Å². The van der Waals surface area contributed by atoms with Gasteiger partial charge in [0.15, 0.2) is 5.84 Å². The summed E-state index contributed by atoms with van der Waals surface area (Å²) in [7, 11) is 3.79. The molecule has 0 unspecified atom stereocenters. The number of thiophene rings is 1. The molecule has 0 spiro atoms. The number of amidine groups is 1. The first kappa shape index (κ1) is 23.7. The first-order valence-electron chi connectivity index (χ1n) is 11.4. The van der Waals surface area contributed by atoms with Crippen LogP contribution in [-0.4, -0.2) is 53.0 Å². The molecule has 3 aromatic rings. The molecule has 1 aliphatic rings. The number of hydrogen-bond donors (Lipinski definition) is 2. The number of hydrogen-bond acceptors (Lipinski definition) is 6. The maximum Gasteiger partial charge on any atom is 0.257 e. The van der Waals surface area contributed by atoms with Crippen molar-refractivity contribution in [2.45, 2.75) is 45.6 Å². The quantitative estimate of drug-likeness (QED) is 0.268. The Morgan fingerprint density at radius 1 is 1.32 bits per heavy atom. The van der Waals surface area contributed by atoms with Crippen molar-refractivity contribution in [3.63, 3.8) is 0 Å². The zero-order valence-electron chi connectivity index (χ0n) is 20.3. The molecule has 1 aromatic carbocycles. The highest BCUT2D eigenvalue weighted by atomic mass is 32.1. The number of amides is 1. The number of nitrogens with zero attached hydrogens (tertiary/aromatic N) is 5. The molecule has 4 rings (SSSR count). The Balaban J connectivity index is 1.60. The fourth-order valence-corrected chi connectivity index (χ4v) is 4.62. The van der Waals surface area contributed by atoms with Crippen molar-refractivity contribution < 1.29 is 4.79 Å². The van der Waals surface area contributed by atoms with E-state index in [1.54, 1.807) is 0 Å². The van der Waals surface area contributed by atoms with Crippen molar-refractivity contribution in [2.75, 3.05) is 24.7 Å². The molecule has 0 radical (unpaired) electrons. The molecule has 9 heteroatoms. The Labute approximate surface area is 204 Å². The van der Waals surface area contributed by atoms with E-state index in [1.807, 2.05) is 60.4 Å². The van der Waals surface area contributed by atoms with Crippen LogP contribution in [0.2, 0.25) is 0 Å². The van der Waals surface area contributed by atoms with E-state index < -0.39 is 0 Å². The predicted octanol–water partition coefficient (Wildman–Crippen LogP) is 5.12. The van der Waals surface area contributed by atoms with Crippen molar-refractivity contribution in [2.24, 2.45) is 10.2 Å². The second-order valence-electron chi connectivity index (χ2n) is 8.84. The third kappa shape index (κ3) is 4.89. The summed E-state index contributed by atoms with van der Waals surface area (Å²) < 4.78 is 2.01. The van der Waals surface area contributed by atoms with Gasteiger partial charge in [-0.15, -0.1) is 16.4 Å². The van der Waals surface area contributed by atoms with Crippen molar-refractivity contribution in [1.29, 1.82) is 0 Å². The van der Waals surface area contributed by atoms with Crippen LogP contribution in [0.25, 0.3) is 5.69 Å². The Bertz CT molecular complexity index is 1240. The smallest absolute Gasteiger partial charge is 0.257 e. The minimum absolute atomic E-state index is 0.185. The Kier molecular flexibility index (Phi) is 6.83. The van der Waals surface area contributed by atoms with Crippen LogP contribution in [0.15, 0.2) is 46.3 Å². The van der Waals surface area contributed by atoms with Crippen LogP contribution in [-0.2, 0) is 0 Å². The number of benzene rings is 1. The first-order chi connectivity index (χ1) is 16.3. The number of imidazole rings is 1. The van der Waals surface area contributed by atoms with Gasteiger partial charge >= 0.3 is 0 Å². The third-order valence-corrected chi connectivity index (χ3v) is 7.00. The van der Waals surface area contributed by atoms with E-state index in [2.05, 4.69) is 52.6 Å². The average molecular weight is 478 g/mol. The highest BCUT2D eigenvalue weighted by molar-refractivity contribution is 7.12. The Morgan fingerprint density at radius 3 is 2.74 bits per heavy atom. The SMILES string of the molecule is C=N/N=C(/c1cc(NC(=O)c2cc(-n3cnc(C4CC4)c3)c(C)cc2NC)cs1)N(C)C(C)C. The zero-order valence-corrected chi connectivity index (χ0v) is 21.1. The second kappa shape index (κ2) is 9.80. The van der Waals surface area contributed by atoms with Crippen molar-refractivity contribution in [1.82, 2.24) is 14.5 Å². The monoisotopic (exact) mass is 477 g/mol. The van der Waals surface area contributed by atoms with Crippen LogP contribution >= 0.6 is 11.3 Å². The van der Waals surface area contributed by atoms with Gasteiger partial charge in [-0.25, -0.2) is 4.98 Å². The van der Waals surface area contributed by atoms with Crippen molar-refractivity contribution in [3.8, 4) is 5.69 Å². The lowest BCUT2D eigenvalue weighted by Crippen LogP contribution is -2.33. The average Bonchev–Trinajstić information content (AvgIpc) is 3.37. The summed E-state index contributed by atoms with van der Waals surface area (Å²) >= 11 is 1.50. The van der Waals surface area contributed by atoms with Crippen molar-refractivity contribution >= 4 is 41.2 Å². The summed E-state index contributed by atoms with van der Waals surface area (Å²) in [6.45, 7) is 9.70. The van der Waals surface area contributed by atoms with Gasteiger partial charge in [-0.2, -0.15) is 5.10 Å². The van der Waals surface area contributed by atoms with Gasteiger partial charge in [0.2, 0.25) is 0 Å². The Hall–Kier alpha value is -3.46. The standard InChI is InChI=1S/C25H31N7OS/c1-15(2)31(6)24(30-27-5)23-10-18(13-34-23)29-25(33)19-11-22(16(3)9-20(19)26-4)32-12-21(28-14-32)17-7-8-17/h9-15,17,26H,5,7-8H2,1-4,6H3,(H,29,33)/b30-24-. The van der Waals surface area contributed by atoms with Gasteiger partial charge in [-0.1, -0.05) is 0 Å². The fourth-order valence-electron chi connectivity index (χ4n) is 3.75. The van der Waals surface area contributed by atoms with E-state index in [4.69, 9.17) is 0 Å². The van der Waals surface area contributed by atoms with E-state index in [1.165, 1.54) is 24.2 Å². The van der Waals surface area contributed by atoms with Gasteiger partial charge in [0.1, 0.15) is 0 Å². The zero-order chi connectivity index (χ0) is 24.4. The maximum atomic E-state index is 13.3. The third-order valence-electron chi connectivity index (χ3n) is 6.08. The number of carbonyl (C=O) groups excluding carboxylic acids is 1.